The number of carbonyl (C=O) groups excluding carboxylic acids is 2. The van der Waals surface area contributed by atoms with Gasteiger partial charge in [-0.2, -0.15) is 0 Å². The molecule has 7 rings (SSSR count). The third-order valence-corrected chi connectivity index (χ3v) is 9.80. The number of esters is 1. The van der Waals surface area contributed by atoms with E-state index in [4.69, 9.17) is 4.74 Å². The number of likely N-dealkylation sites (tertiary alicyclic amines) is 1. The Morgan fingerprint density at radius 3 is 2.41 bits per heavy atom. The zero-order valence-corrected chi connectivity index (χ0v) is 20.4. The van der Waals surface area contributed by atoms with Crippen LogP contribution in [0.2, 0.25) is 0 Å². The number of nitrogens with zero attached hydrogens (tertiary/aromatic N) is 1. The maximum atomic E-state index is 13.3. The van der Waals surface area contributed by atoms with E-state index in [2.05, 4.69) is 39.8 Å². The predicted molar refractivity (Wildman–Crippen MR) is 130 cm³/mol. The molecule has 34 heavy (non-hydrogen) atoms. The van der Waals surface area contributed by atoms with E-state index in [0.717, 1.165) is 44.3 Å². The van der Waals surface area contributed by atoms with E-state index in [0.29, 0.717) is 30.9 Å². The number of amides is 2. The number of hydrogen-bond acceptors (Lipinski definition) is 4. The highest BCUT2D eigenvalue weighted by Gasteiger charge is 2.49. The average Bonchev–Trinajstić information content (AvgIpc) is 2.83. The zero-order valence-electron chi connectivity index (χ0n) is 20.4. The molecule has 1 spiro atoms. The molecule has 1 unspecified atom stereocenters. The van der Waals surface area contributed by atoms with Crippen LogP contribution in [0.3, 0.4) is 0 Å². The molecule has 184 valence electrons. The molecular weight excluding hydrogens is 426 g/mol. The van der Waals surface area contributed by atoms with E-state index in [1.165, 1.54) is 43.2 Å². The van der Waals surface area contributed by atoms with Crippen LogP contribution < -0.4 is 10.6 Å². The Morgan fingerprint density at radius 2 is 1.74 bits per heavy atom. The highest BCUT2D eigenvalue weighted by atomic mass is 16.5. The van der Waals surface area contributed by atoms with Gasteiger partial charge in [0.05, 0.1) is 13.0 Å². The lowest BCUT2D eigenvalue weighted by Crippen LogP contribution is -2.60. The van der Waals surface area contributed by atoms with Gasteiger partial charge in [-0.3, -0.25) is 4.79 Å². The molecule has 2 amide bonds. The second kappa shape index (κ2) is 8.85. The fraction of sp³-hybridized carbons (Fsp3) is 0.714. The lowest BCUT2D eigenvalue weighted by atomic mass is 9.54. The first-order chi connectivity index (χ1) is 16.5. The molecule has 2 N–H and O–H groups in total. The van der Waals surface area contributed by atoms with Crippen molar-refractivity contribution < 1.29 is 14.3 Å². The minimum atomic E-state index is -0.151. The predicted octanol–water partition coefficient (Wildman–Crippen LogP) is 4.15. The standard InChI is InChI=1S/C28H39N3O3/c1-2-34-25(32)16-24-22-5-3-4-6-23(22)28(17-29-24)7-9-31(10-8-28)27(33)30-26-20-12-18-11-19(14-20)15-21(26)13-18/h3-6,18-21,24,26,29H,2,7-17H2,1H3,(H,30,33). The molecule has 1 aromatic rings. The van der Waals surface area contributed by atoms with Crippen molar-refractivity contribution in [2.75, 3.05) is 26.2 Å². The Morgan fingerprint density at radius 1 is 1.06 bits per heavy atom. The number of hydrogen-bond donors (Lipinski definition) is 2. The van der Waals surface area contributed by atoms with Gasteiger partial charge in [0, 0.05) is 37.1 Å². The van der Waals surface area contributed by atoms with E-state index in [9.17, 15) is 9.59 Å². The number of ether oxygens (including phenoxy) is 1. The third-order valence-electron chi connectivity index (χ3n) is 9.80. The molecule has 1 aromatic carbocycles. The van der Waals surface area contributed by atoms with Gasteiger partial charge in [0.25, 0.3) is 0 Å². The molecule has 2 aliphatic heterocycles. The largest absolute Gasteiger partial charge is 0.466 e. The van der Waals surface area contributed by atoms with Crippen molar-refractivity contribution in [2.45, 2.75) is 75.8 Å². The summed E-state index contributed by atoms with van der Waals surface area (Å²) >= 11 is 0. The Hall–Kier alpha value is -2.08. The summed E-state index contributed by atoms with van der Waals surface area (Å²) in [6, 6.07) is 9.11. The maximum Gasteiger partial charge on any atom is 0.317 e. The molecule has 2 heterocycles. The Balaban J connectivity index is 1.11. The van der Waals surface area contributed by atoms with Crippen molar-refractivity contribution in [2.24, 2.45) is 23.7 Å². The van der Waals surface area contributed by atoms with Gasteiger partial charge in [-0.1, -0.05) is 24.3 Å². The Kier molecular flexibility index (Phi) is 5.83. The first-order valence-corrected chi connectivity index (χ1v) is 13.6. The van der Waals surface area contributed by atoms with Crippen LogP contribution in [0.5, 0.6) is 0 Å². The van der Waals surface area contributed by atoms with E-state index >= 15 is 0 Å². The summed E-state index contributed by atoms with van der Waals surface area (Å²) in [5.41, 5.74) is 2.60. The molecule has 1 saturated heterocycles. The first kappa shape index (κ1) is 22.4. The van der Waals surface area contributed by atoms with Gasteiger partial charge in [0.15, 0.2) is 0 Å². The van der Waals surface area contributed by atoms with Gasteiger partial charge < -0.3 is 20.3 Å². The molecule has 6 nitrogen and oxygen atoms in total. The van der Waals surface area contributed by atoms with Crippen LogP contribution in [-0.2, 0) is 14.9 Å². The summed E-state index contributed by atoms with van der Waals surface area (Å²) in [4.78, 5) is 27.5. The number of carbonyl (C=O) groups is 2. The van der Waals surface area contributed by atoms with Gasteiger partial charge in [-0.15, -0.1) is 0 Å². The molecule has 0 aromatic heterocycles. The normalized spacial score (nSPS) is 35.1. The summed E-state index contributed by atoms with van der Waals surface area (Å²) in [6.45, 7) is 4.69. The van der Waals surface area contributed by atoms with E-state index < -0.39 is 0 Å². The van der Waals surface area contributed by atoms with Crippen molar-refractivity contribution in [3.63, 3.8) is 0 Å². The molecule has 4 bridgehead atoms. The minimum Gasteiger partial charge on any atom is -0.466 e. The summed E-state index contributed by atoms with van der Waals surface area (Å²) in [5, 5.41) is 7.15. The fourth-order valence-electron chi connectivity index (χ4n) is 8.35. The van der Waals surface area contributed by atoms with Crippen LogP contribution >= 0.6 is 0 Å². The number of benzene rings is 1. The van der Waals surface area contributed by atoms with Crippen LogP contribution in [-0.4, -0.2) is 49.2 Å². The highest BCUT2D eigenvalue weighted by Crippen LogP contribution is 2.53. The Bertz CT molecular complexity index is 911. The molecule has 6 heteroatoms. The van der Waals surface area contributed by atoms with Crippen LogP contribution in [0, 0.1) is 23.7 Å². The summed E-state index contributed by atoms with van der Waals surface area (Å²) < 4.78 is 5.20. The third kappa shape index (κ3) is 3.92. The molecule has 5 fully saturated rings. The van der Waals surface area contributed by atoms with Gasteiger partial charge in [-0.05, 0) is 86.7 Å². The summed E-state index contributed by atoms with van der Waals surface area (Å²) in [6.07, 6.45) is 9.04. The van der Waals surface area contributed by atoms with Crippen LogP contribution in [0.15, 0.2) is 24.3 Å². The van der Waals surface area contributed by atoms with Crippen molar-refractivity contribution >= 4 is 12.0 Å². The lowest BCUT2D eigenvalue weighted by molar-refractivity contribution is -0.143. The van der Waals surface area contributed by atoms with Crippen LogP contribution in [0.25, 0.3) is 0 Å². The molecular formula is C28H39N3O3. The smallest absolute Gasteiger partial charge is 0.317 e. The lowest BCUT2D eigenvalue weighted by Gasteiger charge is -2.54. The molecule has 0 radical (unpaired) electrons. The average molecular weight is 466 g/mol. The van der Waals surface area contributed by atoms with E-state index in [1.807, 2.05) is 6.92 Å². The van der Waals surface area contributed by atoms with Gasteiger partial charge in [-0.25, -0.2) is 4.79 Å². The van der Waals surface area contributed by atoms with Crippen molar-refractivity contribution in [1.82, 2.24) is 15.5 Å². The maximum absolute atomic E-state index is 13.3. The first-order valence-electron chi connectivity index (χ1n) is 13.6. The quantitative estimate of drug-likeness (QED) is 0.656. The number of nitrogens with one attached hydrogen (secondary N) is 2. The summed E-state index contributed by atoms with van der Waals surface area (Å²) in [5.74, 6) is 3.13. The van der Waals surface area contributed by atoms with E-state index in [-0.39, 0.29) is 23.5 Å². The van der Waals surface area contributed by atoms with Gasteiger partial charge in [0.1, 0.15) is 0 Å². The summed E-state index contributed by atoms with van der Waals surface area (Å²) in [7, 11) is 0. The Labute approximate surface area is 203 Å². The van der Waals surface area contributed by atoms with Crippen molar-refractivity contribution in [3.8, 4) is 0 Å². The molecule has 6 aliphatic rings. The molecule has 4 saturated carbocycles. The van der Waals surface area contributed by atoms with Gasteiger partial charge >= 0.3 is 12.0 Å². The number of piperidine rings is 1. The van der Waals surface area contributed by atoms with Crippen LogP contribution in [0.1, 0.15) is 75.5 Å². The molecule has 4 aliphatic carbocycles. The number of rotatable bonds is 4. The van der Waals surface area contributed by atoms with E-state index in [1.54, 1.807) is 0 Å². The fourth-order valence-corrected chi connectivity index (χ4v) is 8.35. The van der Waals surface area contributed by atoms with Gasteiger partial charge in [0.2, 0.25) is 0 Å². The topological polar surface area (TPSA) is 70.7 Å². The highest BCUT2D eigenvalue weighted by molar-refractivity contribution is 5.75. The van der Waals surface area contributed by atoms with Crippen molar-refractivity contribution in [1.29, 1.82) is 0 Å². The molecule has 1 atom stereocenters. The van der Waals surface area contributed by atoms with Crippen LogP contribution in [0.4, 0.5) is 4.79 Å². The SMILES string of the molecule is CCOC(=O)CC1NCC2(CCN(C(=O)NC3C4CC5CC(C4)CC3C5)CC2)c2ccccc21. The second-order valence-corrected chi connectivity index (χ2v) is 11.7. The second-order valence-electron chi connectivity index (χ2n) is 11.7. The van der Waals surface area contributed by atoms with Crippen molar-refractivity contribution in [3.05, 3.63) is 35.4 Å². The minimum absolute atomic E-state index is 0.000809. The number of urea groups is 1. The zero-order chi connectivity index (χ0) is 23.3. The monoisotopic (exact) mass is 465 g/mol. The number of fused-ring (bicyclic) bond motifs is 2.